The summed E-state index contributed by atoms with van der Waals surface area (Å²) in [4.78, 5) is 29.8. The summed E-state index contributed by atoms with van der Waals surface area (Å²) in [5.41, 5.74) is 2.22. The first-order valence-electron chi connectivity index (χ1n) is 11.5. The Morgan fingerprint density at radius 1 is 1.18 bits per heavy atom. The minimum atomic E-state index is -0.662. The third-order valence-electron chi connectivity index (χ3n) is 5.73. The van der Waals surface area contributed by atoms with Gasteiger partial charge in [0.05, 0.1) is 18.2 Å². The van der Waals surface area contributed by atoms with Crippen LogP contribution in [0.2, 0.25) is 0 Å². The van der Waals surface area contributed by atoms with Crippen molar-refractivity contribution in [2.24, 2.45) is 5.92 Å². The number of hydrogen-bond donors (Lipinski definition) is 1. The molecule has 182 valence electrons. The minimum Gasteiger partial charge on any atom is -0.507 e. The highest BCUT2D eigenvalue weighted by Crippen LogP contribution is 2.40. The number of carbonyl (C=O) groups is 2. The maximum absolute atomic E-state index is 13.2. The van der Waals surface area contributed by atoms with Crippen LogP contribution in [0, 0.1) is 12.8 Å². The molecule has 0 spiro atoms. The lowest BCUT2D eigenvalue weighted by molar-refractivity contribution is -0.139. The Labute approximate surface area is 210 Å². The molecule has 1 heterocycles. The van der Waals surface area contributed by atoms with Crippen molar-refractivity contribution < 1.29 is 19.4 Å². The summed E-state index contributed by atoms with van der Waals surface area (Å²) in [6.45, 7) is 7.85. The molecule has 1 aliphatic rings. The van der Waals surface area contributed by atoms with E-state index in [0.29, 0.717) is 31.1 Å². The quantitative estimate of drug-likeness (QED) is 0.276. The number of amides is 1. The van der Waals surface area contributed by atoms with Crippen molar-refractivity contribution in [1.29, 1.82) is 0 Å². The molecule has 2 aromatic rings. The van der Waals surface area contributed by atoms with Gasteiger partial charge in [-0.15, -0.1) is 0 Å². The second-order valence-corrected chi connectivity index (χ2v) is 10.3. The Morgan fingerprint density at radius 3 is 2.53 bits per heavy atom. The number of likely N-dealkylation sites (tertiary alicyclic amines) is 1. The van der Waals surface area contributed by atoms with Gasteiger partial charge in [0.15, 0.2) is 0 Å². The van der Waals surface area contributed by atoms with Crippen molar-refractivity contribution in [2.45, 2.75) is 33.2 Å². The highest BCUT2D eigenvalue weighted by Gasteiger charge is 2.45. The first-order valence-corrected chi connectivity index (χ1v) is 12.3. The van der Waals surface area contributed by atoms with Gasteiger partial charge in [-0.2, -0.15) is 0 Å². The molecule has 1 atom stereocenters. The highest BCUT2D eigenvalue weighted by molar-refractivity contribution is 9.10. The number of nitrogens with zero attached hydrogens (tertiary/aromatic N) is 2. The SMILES string of the molecule is Cc1cc(/C(O)=C2\C(=O)C(=O)N(CCCN(C)C)[C@@H]2c2cccc(Br)c2)ccc1OCC(C)C. The van der Waals surface area contributed by atoms with Crippen LogP contribution in [0.15, 0.2) is 52.5 Å². The fourth-order valence-corrected chi connectivity index (χ4v) is 4.48. The number of halogens is 1. The molecule has 1 fully saturated rings. The lowest BCUT2D eigenvalue weighted by atomic mass is 9.94. The number of ether oxygens (including phenoxy) is 1. The topological polar surface area (TPSA) is 70.1 Å². The lowest BCUT2D eigenvalue weighted by Crippen LogP contribution is -2.32. The van der Waals surface area contributed by atoms with Crippen molar-refractivity contribution in [3.05, 3.63) is 69.2 Å². The third-order valence-corrected chi connectivity index (χ3v) is 6.22. The normalized spacial score (nSPS) is 17.8. The van der Waals surface area contributed by atoms with Gasteiger partial charge in [0.25, 0.3) is 11.7 Å². The average Bonchev–Trinajstić information content (AvgIpc) is 3.02. The summed E-state index contributed by atoms with van der Waals surface area (Å²) in [6, 6.07) is 12.2. The summed E-state index contributed by atoms with van der Waals surface area (Å²) in [5.74, 6) is -0.292. The van der Waals surface area contributed by atoms with Crippen LogP contribution < -0.4 is 4.74 Å². The largest absolute Gasteiger partial charge is 0.507 e. The third kappa shape index (κ3) is 5.88. The molecule has 1 N–H and O–H groups in total. The van der Waals surface area contributed by atoms with E-state index in [2.05, 4.69) is 29.8 Å². The molecule has 0 unspecified atom stereocenters. The average molecular weight is 529 g/mol. The highest BCUT2D eigenvalue weighted by atomic mass is 79.9. The van der Waals surface area contributed by atoms with Crippen LogP contribution in [0.5, 0.6) is 5.75 Å². The van der Waals surface area contributed by atoms with Crippen LogP contribution in [0.25, 0.3) is 5.76 Å². The van der Waals surface area contributed by atoms with E-state index in [0.717, 1.165) is 27.9 Å². The number of rotatable bonds is 9. The van der Waals surface area contributed by atoms with Gasteiger partial charge in [-0.1, -0.05) is 41.9 Å². The molecule has 0 saturated carbocycles. The molecule has 3 rings (SSSR count). The van der Waals surface area contributed by atoms with Crippen molar-refractivity contribution in [2.75, 3.05) is 33.8 Å². The monoisotopic (exact) mass is 528 g/mol. The van der Waals surface area contributed by atoms with Crippen LogP contribution in [-0.2, 0) is 9.59 Å². The van der Waals surface area contributed by atoms with E-state index in [1.54, 1.807) is 23.1 Å². The fraction of sp³-hybridized carbons (Fsp3) is 0.407. The van der Waals surface area contributed by atoms with Gasteiger partial charge in [0.1, 0.15) is 11.5 Å². The van der Waals surface area contributed by atoms with Crippen molar-refractivity contribution >= 4 is 33.4 Å². The van der Waals surface area contributed by atoms with E-state index in [1.807, 2.05) is 50.2 Å². The molecule has 0 bridgehead atoms. The molecule has 1 amide bonds. The first-order chi connectivity index (χ1) is 16.1. The Bertz CT molecular complexity index is 1090. The smallest absolute Gasteiger partial charge is 0.295 e. The van der Waals surface area contributed by atoms with Gasteiger partial charge in [0, 0.05) is 16.6 Å². The maximum atomic E-state index is 13.2. The van der Waals surface area contributed by atoms with E-state index in [4.69, 9.17) is 4.74 Å². The molecule has 2 aromatic carbocycles. The molecule has 0 aliphatic carbocycles. The molecule has 0 radical (unpaired) electrons. The predicted molar refractivity (Wildman–Crippen MR) is 138 cm³/mol. The van der Waals surface area contributed by atoms with Gasteiger partial charge in [-0.25, -0.2) is 0 Å². The molecular formula is C27H33BrN2O4. The van der Waals surface area contributed by atoms with E-state index >= 15 is 0 Å². The second kappa shape index (κ2) is 11.2. The Kier molecular flexibility index (Phi) is 8.55. The Balaban J connectivity index is 2.04. The van der Waals surface area contributed by atoms with Crippen molar-refractivity contribution in [3.63, 3.8) is 0 Å². The minimum absolute atomic E-state index is 0.114. The van der Waals surface area contributed by atoms with Crippen LogP contribution >= 0.6 is 15.9 Å². The van der Waals surface area contributed by atoms with E-state index in [9.17, 15) is 14.7 Å². The zero-order valence-electron chi connectivity index (χ0n) is 20.5. The standard InChI is InChI=1S/C27H33BrN2O4/c1-17(2)16-34-22-11-10-20(14-18(22)3)25(31)23-24(19-8-6-9-21(28)15-19)30(27(33)26(23)32)13-7-12-29(4)5/h6,8-11,14-15,17,24,31H,7,12-13,16H2,1-5H3/b25-23+/t24-/m1/s1. The number of benzene rings is 2. The summed E-state index contributed by atoms with van der Waals surface area (Å²) in [6.07, 6.45) is 0.714. The fourth-order valence-electron chi connectivity index (χ4n) is 4.06. The molecule has 7 heteroatoms. The molecule has 6 nitrogen and oxygen atoms in total. The number of Topliss-reactive ketones (excluding diaryl/α,β-unsaturated/α-hetero) is 1. The summed E-state index contributed by atoms with van der Waals surface area (Å²) in [5, 5.41) is 11.3. The van der Waals surface area contributed by atoms with Crippen LogP contribution in [0.4, 0.5) is 0 Å². The first kappa shape index (κ1) is 26.0. The van der Waals surface area contributed by atoms with E-state index in [1.165, 1.54) is 0 Å². The maximum Gasteiger partial charge on any atom is 0.295 e. The van der Waals surface area contributed by atoms with Crippen molar-refractivity contribution in [3.8, 4) is 5.75 Å². The molecule has 0 aromatic heterocycles. The Hall–Kier alpha value is -2.64. The van der Waals surface area contributed by atoms with Gasteiger partial charge in [0.2, 0.25) is 0 Å². The van der Waals surface area contributed by atoms with Gasteiger partial charge >= 0.3 is 0 Å². The number of aryl methyl sites for hydroxylation is 1. The Morgan fingerprint density at radius 2 is 1.91 bits per heavy atom. The predicted octanol–water partition coefficient (Wildman–Crippen LogP) is 5.17. The molecular weight excluding hydrogens is 496 g/mol. The number of ketones is 1. The number of aliphatic hydroxyl groups excluding tert-OH is 1. The van der Waals surface area contributed by atoms with Gasteiger partial charge < -0.3 is 19.6 Å². The zero-order chi connectivity index (χ0) is 25.0. The molecule has 1 saturated heterocycles. The second-order valence-electron chi connectivity index (χ2n) is 9.39. The van der Waals surface area contributed by atoms with Gasteiger partial charge in [-0.3, -0.25) is 9.59 Å². The number of hydrogen-bond acceptors (Lipinski definition) is 5. The van der Waals surface area contributed by atoms with E-state index in [-0.39, 0.29) is 11.3 Å². The number of carbonyl (C=O) groups excluding carboxylic acids is 2. The van der Waals surface area contributed by atoms with Crippen molar-refractivity contribution in [1.82, 2.24) is 9.80 Å². The van der Waals surface area contributed by atoms with E-state index < -0.39 is 17.7 Å². The summed E-state index contributed by atoms with van der Waals surface area (Å²) < 4.78 is 6.68. The molecule has 1 aliphatic heterocycles. The summed E-state index contributed by atoms with van der Waals surface area (Å²) in [7, 11) is 3.94. The van der Waals surface area contributed by atoms with Gasteiger partial charge in [-0.05, 0) is 81.4 Å². The van der Waals surface area contributed by atoms with Crippen LogP contribution in [-0.4, -0.2) is 60.4 Å². The zero-order valence-corrected chi connectivity index (χ0v) is 22.1. The van der Waals surface area contributed by atoms with Crippen LogP contribution in [0.1, 0.15) is 43.0 Å². The lowest BCUT2D eigenvalue weighted by Gasteiger charge is -2.26. The van der Waals surface area contributed by atoms with Crippen LogP contribution in [0.3, 0.4) is 0 Å². The molecule has 34 heavy (non-hydrogen) atoms. The summed E-state index contributed by atoms with van der Waals surface area (Å²) >= 11 is 3.49. The number of aliphatic hydroxyl groups is 1.